The van der Waals surface area contributed by atoms with Gasteiger partial charge in [0.15, 0.2) is 0 Å². The smallest absolute Gasteiger partial charge is 0.333 e. The highest BCUT2D eigenvalue weighted by molar-refractivity contribution is 5.88. The van der Waals surface area contributed by atoms with E-state index in [4.69, 9.17) is 4.74 Å². The molecule has 0 aromatic carbocycles. The summed E-state index contributed by atoms with van der Waals surface area (Å²) in [6.07, 6.45) is 4.39. The molecule has 0 aliphatic carbocycles. The third-order valence-electron chi connectivity index (χ3n) is 2.38. The van der Waals surface area contributed by atoms with E-state index in [9.17, 15) is 4.79 Å². The molecule has 2 nitrogen and oxygen atoms in total. The molecule has 0 N–H and O–H groups in total. The SMILES string of the molecule is C/C1=C(\C)C(=O)OCCCCC1. The van der Waals surface area contributed by atoms with E-state index < -0.39 is 0 Å². The summed E-state index contributed by atoms with van der Waals surface area (Å²) in [6, 6.07) is 0. The van der Waals surface area contributed by atoms with Crippen LogP contribution in [0, 0.1) is 0 Å². The maximum Gasteiger partial charge on any atom is 0.333 e. The zero-order chi connectivity index (χ0) is 8.97. The molecular formula is C10H16O2. The number of cyclic esters (lactones) is 1. The van der Waals surface area contributed by atoms with Gasteiger partial charge in [-0.25, -0.2) is 4.79 Å². The summed E-state index contributed by atoms with van der Waals surface area (Å²) in [5, 5.41) is 0. The molecule has 0 atom stereocenters. The molecular weight excluding hydrogens is 152 g/mol. The summed E-state index contributed by atoms with van der Waals surface area (Å²) >= 11 is 0. The lowest BCUT2D eigenvalue weighted by atomic mass is 10.1. The van der Waals surface area contributed by atoms with Crippen molar-refractivity contribution >= 4 is 5.97 Å². The summed E-state index contributed by atoms with van der Waals surface area (Å²) in [4.78, 5) is 11.2. The normalized spacial score (nSPS) is 27.0. The molecule has 0 fully saturated rings. The Kier molecular flexibility index (Phi) is 3.32. The lowest BCUT2D eigenvalue weighted by Crippen LogP contribution is -2.07. The van der Waals surface area contributed by atoms with Crippen molar-refractivity contribution in [3.05, 3.63) is 11.1 Å². The van der Waals surface area contributed by atoms with Crippen molar-refractivity contribution in [3.8, 4) is 0 Å². The van der Waals surface area contributed by atoms with Gasteiger partial charge in [0, 0.05) is 5.57 Å². The fourth-order valence-corrected chi connectivity index (χ4v) is 1.30. The van der Waals surface area contributed by atoms with Gasteiger partial charge in [0.25, 0.3) is 0 Å². The molecule has 0 spiro atoms. The monoisotopic (exact) mass is 168 g/mol. The number of carbonyl (C=O) groups is 1. The summed E-state index contributed by atoms with van der Waals surface area (Å²) in [5.41, 5.74) is 1.99. The zero-order valence-corrected chi connectivity index (χ0v) is 7.85. The molecule has 0 bridgehead atoms. The molecule has 0 saturated heterocycles. The van der Waals surface area contributed by atoms with Gasteiger partial charge in [-0.2, -0.15) is 0 Å². The first-order valence-electron chi connectivity index (χ1n) is 4.55. The molecule has 12 heavy (non-hydrogen) atoms. The van der Waals surface area contributed by atoms with Crippen LogP contribution < -0.4 is 0 Å². The van der Waals surface area contributed by atoms with Gasteiger partial charge in [-0.3, -0.25) is 0 Å². The van der Waals surface area contributed by atoms with Crippen LogP contribution in [0.3, 0.4) is 0 Å². The van der Waals surface area contributed by atoms with E-state index >= 15 is 0 Å². The molecule has 68 valence electrons. The highest BCUT2D eigenvalue weighted by atomic mass is 16.5. The van der Waals surface area contributed by atoms with E-state index in [0.29, 0.717) is 6.61 Å². The number of rotatable bonds is 0. The van der Waals surface area contributed by atoms with Crippen LogP contribution in [0.5, 0.6) is 0 Å². The second kappa shape index (κ2) is 4.29. The van der Waals surface area contributed by atoms with Gasteiger partial charge >= 0.3 is 5.97 Å². The minimum absolute atomic E-state index is 0.130. The summed E-state index contributed by atoms with van der Waals surface area (Å²) in [7, 11) is 0. The van der Waals surface area contributed by atoms with Crippen LogP contribution in [0.1, 0.15) is 39.5 Å². The van der Waals surface area contributed by atoms with Crippen molar-refractivity contribution in [2.45, 2.75) is 39.5 Å². The Bertz CT molecular complexity index is 204. The van der Waals surface area contributed by atoms with E-state index in [1.807, 2.05) is 13.8 Å². The summed E-state index contributed by atoms with van der Waals surface area (Å²) in [6.45, 7) is 4.45. The maximum atomic E-state index is 11.2. The van der Waals surface area contributed by atoms with Crippen molar-refractivity contribution in [2.24, 2.45) is 0 Å². The lowest BCUT2D eigenvalue weighted by molar-refractivity contribution is -0.139. The fourth-order valence-electron chi connectivity index (χ4n) is 1.30. The number of hydrogen-bond donors (Lipinski definition) is 0. The highest BCUT2D eigenvalue weighted by Gasteiger charge is 2.10. The minimum Gasteiger partial charge on any atom is -0.462 e. The molecule has 0 amide bonds. The van der Waals surface area contributed by atoms with Gasteiger partial charge in [0.05, 0.1) is 6.61 Å². The van der Waals surface area contributed by atoms with Gasteiger partial charge in [0.1, 0.15) is 0 Å². The number of carbonyl (C=O) groups excluding carboxylic acids is 1. The second-order valence-electron chi connectivity index (χ2n) is 3.35. The molecule has 2 heteroatoms. The first-order chi connectivity index (χ1) is 5.72. The van der Waals surface area contributed by atoms with Gasteiger partial charge < -0.3 is 4.74 Å². The van der Waals surface area contributed by atoms with Crippen molar-refractivity contribution < 1.29 is 9.53 Å². The van der Waals surface area contributed by atoms with Crippen LogP contribution in [0.25, 0.3) is 0 Å². The van der Waals surface area contributed by atoms with Crippen LogP contribution in [0.4, 0.5) is 0 Å². The maximum absolute atomic E-state index is 11.2. The van der Waals surface area contributed by atoms with Crippen LogP contribution in [0.2, 0.25) is 0 Å². The highest BCUT2D eigenvalue weighted by Crippen LogP contribution is 2.16. The van der Waals surface area contributed by atoms with Gasteiger partial charge in [-0.15, -0.1) is 0 Å². The number of ether oxygens (including phenoxy) is 1. The van der Waals surface area contributed by atoms with E-state index in [-0.39, 0.29) is 5.97 Å². The van der Waals surface area contributed by atoms with E-state index in [1.54, 1.807) is 0 Å². The molecule has 1 aliphatic rings. The third kappa shape index (κ3) is 2.36. The topological polar surface area (TPSA) is 26.3 Å². The quantitative estimate of drug-likeness (QED) is 0.519. The van der Waals surface area contributed by atoms with Crippen LogP contribution in [0.15, 0.2) is 11.1 Å². The van der Waals surface area contributed by atoms with E-state index in [1.165, 1.54) is 12.0 Å². The Balaban J connectivity index is 2.69. The van der Waals surface area contributed by atoms with Crippen LogP contribution in [-0.4, -0.2) is 12.6 Å². The Morgan fingerprint density at radius 1 is 1.17 bits per heavy atom. The standard InChI is InChI=1S/C10H16O2/c1-8-6-4-3-5-7-12-10(11)9(8)2/h3-7H2,1-2H3/b9-8-. The molecule has 0 unspecified atom stereocenters. The number of hydrogen-bond acceptors (Lipinski definition) is 2. The first-order valence-corrected chi connectivity index (χ1v) is 4.55. The average molecular weight is 168 g/mol. The molecule has 0 aromatic heterocycles. The Morgan fingerprint density at radius 2 is 1.92 bits per heavy atom. The van der Waals surface area contributed by atoms with Crippen molar-refractivity contribution in [1.82, 2.24) is 0 Å². The Morgan fingerprint density at radius 3 is 2.67 bits per heavy atom. The third-order valence-corrected chi connectivity index (χ3v) is 2.38. The molecule has 1 aliphatic heterocycles. The summed E-state index contributed by atoms with van der Waals surface area (Å²) < 4.78 is 5.05. The molecule has 1 rings (SSSR count). The second-order valence-corrected chi connectivity index (χ2v) is 3.35. The summed E-state index contributed by atoms with van der Waals surface area (Å²) in [5.74, 6) is -0.130. The Hall–Kier alpha value is -0.790. The van der Waals surface area contributed by atoms with Crippen LogP contribution in [-0.2, 0) is 9.53 Å². The Labute approximate surface area is 73.6 Å². The van der Waals surface area contributed by atoms with Gasteiger partial charge in [-0.05, 0) is 39.5 Å². The van der Waals surface area contributed by atoms with E-state index in [2.05, 4.69) is 0 Å². The van der Waals surface area contributed by atoms with E-state index in [0.717, 1.165) is 24.8 Å². The average Bonchev–Trinajstić information content (AvgIpc) is 2.12. The minimum atomic E-state index is -0.130. The molecule has 0 radical (unpaired) electrons. The molecule has 1 heterocycles. The van der Waals surface area contributed by atoms with Crippen molar-refractivity contribution in [1.29, 1.82) is 0 Å². The first kappa shape index (κ1) is 9.30. The molecule has 0 saturated carbocycles. The number of esters is 1. The van der Waals surface area contributed by atoms with Gasteiger partial charge in [-0.1, -0.05) is 5.57 Å². The molecule has 0 aromatic rings. The number of allylic oxidation sites excluding steroid dienone is 1. The van der Waals surface area contributed by atoms with Gasteiger partial charge in [0.2, 0.25) is 0 Å². The van der Waals surface area contributed by atoms with Crippen molar-refractivity contribution in [3.63, 3.8) is 0 Å². The van der Waals surface area contributed by atoms with Crippen molar-refractivity contribution in [2.75, 3.05) is 6.61 Å². The fraction of sp³-hybridized carbons (Fsp3) is 0.700. The largest absolute Gasteiger partial charge is 0.462 e. The lowest BCUT2D eigenvalue weighted by Gasteiger charge is -2.04. The predicted octanol–water partition coefficient (Wildman–Crippen LogP) is 2.44. The van der Waals surface area contributed by atoms with Crippen LogP contribution >= 0.6 is 0 Å². The zero-order valence-electron chi connectivity index (χ0n) is 7.85. The predicted molar refractivity (Wildman–Crippen MR) is 47.8 cm³/mol.